The summed E-state index contributed by atoms with van der Waals surface area (Å²) in [7, 11) is 0. The highest BCUT2D eigenvalue weighted by atomic mass is 35.5. The molecule has 6 nitrogen and oxygen atoms in total. The van der Waals surface area contributed by atoms with Gasteiger partial charge in [0.05, 0.1) is 5.69 Å². The van der Waals surface area contributed by atoms with E-state index in [9.17, 15) is 9.59 Å². The van der Waals surface area contributed by atoms with Crippen LogP contribution in [0.25, 0.3) is 16.9 Å². The van der Waals surface area contributed by atoms with Crippen LogP contribution in [0.15, 0.2) is 60.8 Å². The number of halogens is 1. The molecule has 0 unspecified atom stereocenters. The van der Waals surface area contributed by atoms with E-state index < -0.39 is 5.97 Å². The Morgan fingerprint density at radius 2 is 1.46 bits per heavy atom. The minimum atomic E-state index is -0.548. The molecule has 2 fully saturated rings. The second kappa shape index (κ2) is 12.0. The van der Waals surface area contributed by atoms with Crippen LogP contribution >= 0.6 is 11.6 Å². The molecule has 5 rings (SSSR count). The number of para-hydroxylation sites is 1. The molecular weight excluding hydrogens is 486 g/mol. The minimum absolute atomic E-state index is 0.0735. The van der Waals surface area contributed by atoms with Crippen LogP contribution in [-0.4, -0.2) is 45.2 Å². The van der Waals surface area contributed by atoms with Crippen molar-refractivity contribution in [3.8, 4) is 16.9 Å². The normalized spacial score (nSPS) is 16.9. The van der Waals surface area contributed by atoms with E-state index in [-0.39, 0.29) is 24.6 Å². The van der Waals surface area contributed by atoms with E-state index in [0.29, 0.717) is 16.3 Å². The van der Waals surface area contributed by atoms with Crippen LogP contribution in [-0.2, 0) is 9.53 Å². The molecule has 0 radical (unpaired) electrons. The summed E-state index contributed by atoms with van der Waals surface area (Å²) in [4.78, 5) is 28.9. The van der Waals surface area contributed by atoms with Gasteiger partial charge < -0.3 is 9.64 Å². The Morgan fingerprint density at radius 1 is 0.865 bits per heavy atom. The Balaban J connectivity index is 1.36. The molecule has 3 aromatic rings. The van der Waals surface area contributed by atoms with Crippen molar-refractivity contribution in [2.75, 3.05) is 6.61 Å². The molecule has 37 heavy (non-hydrogen) atoms. The van der Waals surface area contributed by atoms with Gasteiger partial charge in [0.1, 0.15) is 11.3 Å². The predicted molar refractivity (Wildman–Crippen MR) is 145 cm³/mol. The predicted octanol–water partition coefficient (Wildman–Crippen LogP) is 6.84. The molecule has 0 N–H and O–H groups in total. The highest BCUT2D eigenvalue weighted by Crippen LogP contribution is 2.31. The first-order chi connectivity index (χ1) is 18.1. The van der Waals surface area contributed by atoms with Gasteiger partial charge in [0.25, 0.3) is 5.91 Å². The number of benzene rings is 2. The lowest BCUT2D eigenvalue weighted by molar-refractivity contribution is -0.141. The number of hydrogen-bond acceptors (Lipinski definition) is 4. The van der Waals surface area contributed by atoms with Gasteiger partial charge >= 0.3 is 5.97 Å². The molecule has 2 aliphatic carbocycles. The Labute approximate surface area is 223 Å². The topological polar surface area (TPSA) is 64.4 Å². The quantitative estimate of drug-likeness (QED) is 0.320. The van der Waals surface area contributed by atoms with Crippen molar-refractivity contribution >= 4 is 23.5 Å². The fraction of sp³-hybridized carbons (Fsp3) is 0.433. The van der Waals surface area contributed by atoms with Crippen molar-refractivity contribution in [2.45, 2.75) is 76.3 Å². The number of ether oxygens (including phenoxy) is 1. The van der Waals surface area contributed by atoms with Gasteiger partial charge in [-0.2, -0.15) is 5.10 Å². The Hall–Kier alpha value is -3.12. The fourth-order valence-corrected chi connectivity index (χ4v) is 5.89. The maximum Gasteiger partial charge on any atom is 0.342 e. The van der Waals surface area contributed by atoms with E-state index in [1.807, 2.05) is 42.5 Å². The van der Waals surface area contributed by atoms with E-state index in [4.69, 9.17) is 16.3 Å². The maximum absolute atomic E-state index is 13.5. The number of carbonyl (C=O) groups is 2. The third kappa shape index (κ3) is 6.07. The average Bonchev–Trinajstić information content (AvgIpc) is 3.40. The zero-order valence-electron chi connectivity index (χ0n) is 21.2. The van der Waals surface area contributed by atoms with Crippen LogP contribution in [0, 0.1) is 0 Å². The van der Waals surface area contributed by atoms with Crippen LogP contribution in [0.4, 0.5) is 0 Å². The lowest BCUT2D eigenvalue weighted by atomic mass is 9.88. The molecule has 0 bridgehead atoms. The standard InChI is InChI=1S/C30H34ClN3O3/c31-23-18-16-22(17-19-23)29-27(20-33(32-29)24-10-4-1-5-11-24)30(36)37-21-28(35)34(25-12-6-2-7-13-25)26-14-8-3-9-15-26/h1,4-5,10-11,16-20,25-26H,2-3,6-9,12-15,21H2. The summed E-state index contributed by atoms with van der Waals surface area (Å²) in [6.45, 7) is -0.248. The van der Waals surface area contributed by atoms with Crippen molar-refractivity contribution in [1.29, 1.82) is 0 Å². The number of esters is 1. The first-order valence-electron chi connectivity index (χ1n) is 13.5. The second-order valence-corrected chi connectivity index (χ2v) is 10.6. The number of hydrogen-bond donors (Lipinski definition) is 0. The summed E-state index contributed by atoms with van der Waals surface area (Å²) in [6, 6.07) is 17.3. The number of rotatable bonds is 7. The molecule has 2 aromatic carbocycles. The van der Waals surface area contributed by atoms with Crippen molar-refractivity contribution in [2.24, 2.45) is 0 Å². The number of aromatic nitrogens is 2. The van der Waals surface area contributed by atoms with Crippen molar-refractivity contribution in [3.05, 3.63) is 71.4 Å². The highest BCUT2D eigenvalue weighted by molar-refractivity contribution is 6.30. The third-order valence-electron chi connectivity index (χ3n) is 7.62. The van der Waals surface area contributed by atoms with Crippen LogP contribution in [0.2, 0.25) is 5.02 Å². The first-order valence-corrected chi connectivity index (χ1v) is 13.9. The molecule has 0 spiro atoms. The van der Waals surface area contributed by atoms with Gasteiger partial charge in [-0.25, -0.2) is 9.48 Å². The Kier molecular flexibility index (Phi) is 8.24. The van der Waals surface area contributed by atoms with Crippen molar-refractivity contribution in [3.63, 3.8) is 0 Å². The highest BCUT2D eigenvalue weighted by Gasteiger charge is 2.33. The molecule has 1 heterocycles. The number of nitrogens with zero attached hydrogens (tertiary/aromatic N) is 3. The molecule has 2 aliphatic rings. The van der Waals surface area contributed by atoms with Gasteiger partial charge in [-0.15, -0.1) is 0 Å². The third-order valence-corrected chi connectivity index (χ3v) is 7.88. The number of amides is 1. The van der Waals surface area contributed by atoms with Crippen molar-refractivity contribution in [1.82, 2.24) is 14.7 Å². The monoisotopic (exact) mass is 519 g/mol. The van der Waals surface area contributed by atoms with E-state index in [0.717, 1.165) is 62.6 Å². The van der Waals surface area contributed by atoms with Gasteiger partial charge in [-0.05, 0) is 49.9 Å². The summed E-state index contributed by atoms with van der Waals surface area (Å²) in [5, 5.41) is 5.29. The zero-order chi connectivity index (χ0) is 25.6. The van der Waals surface area contributed by atoms with Gasteiger partial charge in [0.2, 0.25) is 0 Å². The summed E-state index contributed by atoms with van der Waals surface area (Å²) in [5.74, 6) is -0.622. The minimum Gasteiger partial charge on any atom is -0.452 e. The smallest absolute Gasteiger partial charge is 0.342 e. The van der Waals surface area contributed by atoms with Crippen LogP contribution in [0.3, 0.4) is 0 Å². The van der Waals surface area contributed by atoms with Crippen LogP contribution in [0.5, 0.6) is 0 Å². The average molecular weight is 520 g/mol. The molecule has 194 valence electrons. The molecule has 7 heteroatoms. The van der Waals surface area contributed by atoms with Gasteiger partial charge in [-0.3, -0.25) is 4.79 Å². The maximum atomic E-state index is 13.5. The van der Waals surface area contributed by atoms with Gasteiger partial charge in [0, 0.05) is 28.9 Å². The largest absolute Gasteiger partial charge is 0.452 e. The molecule has 0 atom stereocenters. The van der Waals surface area contributed by atoms with Crippen LogP contribution < -0.4 is 0 Å². The fourth-order valence-electron chi connectivity index (χ4n) is 5.76. The summed E-state index contributed by atoms with van der Waals surface area (Å²) in [6.07, 6.45) is 12.9. The summed E-state index contributed by atoms with van der Waals surface area (Å²) in [5.41, 5.74) is 2.40. The van der Waals surface area contributed by atoms with Crippen LogP contribution in [0.1, 0.15) is 74.6 Å². The number of carbonyl (C=O) groups excluding carboxylic acids is 2. The molecule has 0 aliphatic heterocycles. The van der Waals surface area contributed by atoms with E-state index in [2.05, 4.69) is 10.00 Å². The van der Waals surface area contributed by atoms with Crippen molar-refractivity contribution < 1.29 is 14.3 Å². The van der Waals surface area contributed by atoms with E-state index in [1.165, 1.54) is 12.8 Å². The molecule has 1 amide bonds. The second-order valence-electron chi connectivity index (χ2n) is 10.1. The summed E-state index contributed by atoms with van der Waals surface area (Å²) < 4.78 is 7.34. The molecule has 1 aromatic heterocycles. The Morgan fingerprint density at radius 3 is 2.05 bits per heavy atom. The molecule has 0 saturated heterocycles. The molecular formula is C30H34ClN3O3. The van der Waals surface area contributed by atoms with Gasteiger partial charge in [-0.1, -0.05) is 80.5 Å². The van der Waals surface area contributed by atoms with E-state index in [1.54, 1.807) is 23.0 Å². The molecule has 2 saturated carbocycles. The SMILES string of the molecule is O=C(OCC(=O)N(C1CCCCC1)C1CCCCC1)c1cn(-c2ccccc2)nc1-c1ccc(Cl)cc1. The summed E-state index contributed by atoms with van der Waals surface area (Å²) >= 11 is 6.09. The zero-order valence-corrected chi connectivity index (χ0v) is 21.9. The van der Waals surface area contributed by atoms with Gasteiger partial charge in [0.15, 0.2) is 6.61 Å². The van der Waals surface area contributed by atoms with E-state index >= 15 is 0 Å². The first kappa shape index (κ1) is 25.5. The lowest BCUT2D eigenvalue weighted by Gasteiger charge is -2.41. The lowest BCUT2D eigenvalue weighted by Crippen LogP contribution is -2.50. The Bertz CT molecular complexity index is 1180.